The Bertz CT molecular complexity index is 1420. The van der Waals surface area contributed by atoms with Gasteiger partial charge in [0.1, 0.15) is 12.4 Å². The minimum Gasteiger partial charge on any atom is -0.489 e. The van der Waals surface area contributed by atoms with E-state index in [1.54, 1.807) is 0 Å². The van der Waals surface area contributed by atoms with Gasteiger partial charge in [-0.15, -0.1) is 0 Å². The quantitative estimate of drug-likeness (QED) is 0.324. The van der Waals surface area contributed by atoms with E-state index in [0.29, 0.717) is 19.7 Å². The predicted octanol–water partition coefficient (Wildman–Crippen LogP) is 5.64. The number of hydrogen-bond donors (Lipinski definition) is 0. The first-order chi connectivity index (χ1) is 18.4. The van der Waals surface area contributed by atoms with Crippen molar-refractivity contribution in [2.45, 2.75) is 40.8 Å². The predicted molar refractivity (Wildman–Crippen MR) is 151 cm³/mol. The SMILES string of the molecule is Cc1ccc(OCc2cccc(C(=O)N3CCN(Cc4c(C)nn(-c5ccccc5)c4C)CC3)c2)c(C)c1. The summed E-state index contributed by atoms with van der Waals surface area (Å²) in [6.07, 6.45) is 0. The summed E-state index contributed by atoms with van der Waals surface area (Å²) in [5.74, 6) is 0.963. The number of para-hydroxylation sites is 1. The van der Waals surface area contributed by atoms with Crippen LogP contribution in [0.3, 0.4) is 0 Å². The molecule has 1 amide bonds. The normalized spacial score (nSPS) is 14.1. The zero-order chi connectivity index (χ0) is 26.6. The van der Waals surface area contributed by atoms with Gasteiger partial charge in [-0.2, -0.15) is 5.10 Å². The molecule has 0 saturated carbocycles. The van der Waals surface area contributed by atoms with Crippen molar-refractivity contribution < 1.29 is 9.53 Å². The lowest BCUT2D eigenvalue weighted by molar-refractivity contribution is 0.0627. The van der Waals surface area contributed by atoms with E-state index in [2.05, 4.69) is 56.9 Å². The van der Waals surface area contributed by atoms with Crippen LogP contribution in [0.15, 0.2) is 72.8 Å². The van der Waals surface area contributed by atoms with Crippen molar-refractivity contribution in [1.82, 2.24) is 19.6 Å². The molecule has 1 aliphatic heterocycles. The fraction of sp³-hybridized carbons (Fsp3) is 0.312. The zero-order valence-electron chi connectivity index (χ0n) is 22.8. The first-order valence-electron chi connectivity index (χ1n) is 13.3. The summed E-state index contributed by atoms with van der Waals surface area (Å²) in [6, 6.07) is 24.3. The fourth-order valence-corrected chi connectivity index (χ4v) is 5.16. The van der Waals surface area contributed by atoms with Gasteiger partial charge >= 0.3 is 0 Å². The van der Waals surface area contributed by atoms with Crippen molar-refractivity contribution >= 4 is 5.91 Å². The molecule has 0 N–H and O–H groups in total. The van der Waals surface area contributed by atoms with Crippen LogP contribution in [-0.4, -0.2) is 51.7 Å². The first-order valence-corrected chi connectivity index (χ1v) is 13.3. The molecule has 4 aromatic rings. The molecule has 5 rings (SSSR count). The summed E-state index contributed by atoms with van der Waals surface area (Å²) in [5.41, 5.74) is 8.63. The van der Waals surface area contributed by atoms with Gasteiger partial charge in [-0.1, -0.05) is 48.0 Å². The van der Waals surface area contributed by atoms with E-state index in [4.69, 9.17) is 9.84 Å². The summed E-state index contributed by atoms with van der Waals surface area (Å²) in [4.78, 5) is 17.7. The Labute approximate surface area is 225 Å². The lowest BCUT2D eigenvalue weighted by Gasteiger charge is -2.35. The largest absolute Gasteiger partial charge is 0.489 e. The van der Waals surface area contributed by atoms with Gasteiger partial charge in [0.15, 0.2) is 0 Å². The van der Waals surface area contributed by atoms with Gasteiger partial charge in [0.25, 0.3) is 5.91 Å². The Hall–Kier alpha value is -3.90. The van der Waals surface area contributed by atoms with E-state index in [9.17, 15) is 4.79 Å². The van der Waals surface area contributed by atoms with Gasteiger partial charge in [0.2, 0.25) is 0 Å². The molecule has 0 bridgehead atoms. The molecule has 196 valence electrons. The van der Waals surface area contributed by atoms with Crippen LogP contribution in [0.1, 0.15) is 44.0 Å². The summed E-state index contributed by atoms with van der Waals surface area (Å²) in [7, 11) is 0. The smallest absolute Gasteiger partial charge is 0.253 e. The van der Waals surface area contributed by atoms with Crippen molar-refractivity contribution in [2.24, 2.45) is 0 Å². The molecule has 2 heterocycles. The van der Waals surface area contributed by atoms with Crippen LogP contribution in [0.25, 0.3) is 5.69 Å². The summed E-state index contributed by atoms with van der Waals surface area (Å²) in [6.45, 7) is 12.8. The van der Waals surface area contributed by atoms with Gasteiger partial charge in [-0.3, -0.25) is 9.69 Å². The molecular formula is C32H36N4O2. The van der Waals surface area contributed by atoms with E-state index >= 15 is 0 Å². The van der Waals surface area contributed by atoms with Gasteiger partial charge in [-0.05, 0) is 69.2 Å². The first kappa shape index (κ1) is 25.7. The highest BCUT2D eigenvalue weighted by Crippen LogP contribution is 2.22. The standard InChI is InChI=1S/C32H36N4O2/c1-23-13-14-31(24(2)19-23)38-22-27-9-8-10-28(20-27)32(37)35-17-15-34(16-18-35)21-30-25(3)33-36(26(30)4)29-11-6-5-7-12-29/h5-14,19-20H,15-18,21-22H2,1-4H3. The van der Waals surface area contributed by atoms with Crippen LogP contribution in [-0.2, 0) is 13.2 Å². The molecule has 0 radical (unpaired) electrons. The molecule has 6 nitrogen and oxygen atoms in total. The van der Waals surface area contributed by atoms with Crippen LogP contribution in [0.5, 0.6) is 5.75 Å². The molecule has 3 aromatic carbocycles. The van der Waals surface area contributed by atoms with Gasteiger partial charge in [-0.25, -0.2) is 4.68 Å². The van der Waals surface area contributed by atoms with Gasteiger partial charge < -0.3 is 9.64 Å². The number of nitrogens with zero attached hydrogens (tertiary/aromatic N) is 4. The lowest BCUT2D eigenvalue weighted by Crippen LogP contribution is -2.48. The molecule has 38 heavy (non-hydrogen) atoms. The monoisotopic (exact) mass is 508 g/mol. The Morgan fingerprint density at radius 3 is 2.37 bits per heavy atom. The van der Waals surface area contributed by atoms with Crippen LogP contribution >= 0.6 is 0 Å². The molecule has 0 aliphatic carbocycles. The zero-order valence-corrected chi connectivity index (χ0v) is 22.8. The van der Waals surface area contributed by atoms with Crippen molar-refractivity contribution in [2.75, 3.05) is 26.2 Å². The summed E-state index contributed by atoms with van der Waals surface area (Å²) < 4.78 is 8.07. The van der Waals surface area contributed by atoms with E-state index in [0.717, 1.165) is 53.5 Å². The molecule has 0 spiro atoms. The third kappa shape index (κ3) is 5.65. The second-order valence-electron chi connectivity index (χ2n) is 10.2. The minimum atomic E-state index is 0.0854. The second kappa shape index (κ2) is 11.2. The Kier molecular flexibility index (Phi) is 7.61. The summed E-state index contributed by atoms with van der Waals surface area (Å²) >= 11 is 0. The maximum atomic E-state index is 13.3. The molecular weight excluding hydrogens is 472 g/mol. The van der Waals surface area contributed by atoms with Gasteiger partial charge in [0, 0.05) is 49.5 Å². The topological polar surface area (TPSA) is 50.6 Å². The number of piperazine rings is 1. The number of hydrogen-bond acceptors (Lipinski definition) is 4. The second-order valence-corrected chi connectivity index (χ2v) is 10.2. The number of ether oxygens (including phenoxy) is 1. The minimum absolute atomic E-state index is 0.0854. The maximum absolute atomic E-state index is 13.3. The number of amides is 1. The number of benzene rings is 3. The van der Waals surface area contributed by atoms with Gasteiger partial charge in [0.05, 0.1) is 11.4 Å². The Balaban J connectivity index is 1.18. The number of carbonyl (C=O) groups is 1. The fourth-order valence-electron chi connectivity index (χ4n) is 5.16. The van der Waals surface area contributed by atoms with Crippen molar-refractivity contribution in [3.63, 3.8) is 0 Å². The summed E-state index contributed by atoms with van der Waals surface area (Å²) in [5, 5.41) is 4.80. The van der Waals surface area contributed by atoms with E-state index in [1.165, 1.54) is 16.8 Å². The molecule has 1 aromatic heterocycles. The number of rotatable bonds is 7. The average Bonchev–Trinajstić information content (AvgIpc) is 3.21. The van der Waals surface area contributed by atoms with Crippen LogP contribution < -0.4 is 4.74 Å². The number of carbonyl (C=O) groups excluding carboxylic acids is 1. The maximum Gasteiger partial charge on any atom is 0.253 e. The van der Waals surface area contributed by atoms with Crippen molar-refractivity contribution in [3.05, 3.63) is 112 Å². The highest BCUT2D eigenvalue weighted by atomic mass is 16.5. The van der Waals surface area contributed by atoms with Crippen molar-refractivity contribution in [3.8, 4) is 11.4 Å². The number of aryl methyl sites for hydroxylation is 3. The molecule has 0 unspecified atom stereocenters. The highest BCUT2D eigenvalue weighted by molar-refractivity contribution is 5.94. The van der Waals surface area contributed by atoms with E-state index < -0.39 is 0 Å². The van der Waals surface area contributed by atoms with Crippen molar-refractivity contribution in [1.29, 1.82) is 0 Å². The van der Waals surface area contributed by atoms with E-state index in [1.807, 2.05) is 58.1 Å². The van der Waals surface area contributed by atoms with Crippen LogP contribution in [0.4, 0.5) is 0 Å². The molecule has 0 atom stereocenters. The van der Waals surface area contributed by atoms with E-state index in [-0.39, 0.29) is 5.91 Å². The Morgan fingerprint density at radius 2 is 1.63 bits per heavy atom. The Morgan fingerprint density at radius 1 is 0.868 bits per heavy atom. The molecule has 1 saturated heterocycles. The van der Waals surface area contributed by atoms with Crippen LogP contribution in [0.2, 0.25) is 0 Å². The lowest BCUT2D eigenvalue weighted by atomic mass is 10.1. The highest BCUT2D eigenvalue weighted by Gasteiger charge is 2.24. The molecule has 1 fully saturated rings. The van der Waals surface area contributed by atoms with Crippen LogP contribution in [0, 0.1) is 27.7 Å². The number of aromatic nitrogens is 2. The third-order valence-electron chi connectivity index (χ3n) is 7.38. The molecule has 1 aliphatic rings. The molecule has 6 heteroatoms. The average molecular weight is 509 g/mol. The third-order valence-corrected chi connectivity index (χ3v) is 7.38.